The maximum Gasteiger partial charge on any atom is 0.233 e. The first-order valence-corrected chi connectivity index (χ1v) is 10.6. The van der Waals surface area contributed by atoms with Crippen molar-refractivity contribution >= 4 is 17.7 Å². The molecule has 25 heavy (non-hydrogen) atoms. The summed E-state index contributed by atoms with van der Waals surface area (Å²) in [6, 6.07) is 10.7. The highest BCUT2D eigenvalue weighted by molar-refractivity contribution is 8.00. The van der Waals surface area contributed by atoms with Gasteiger partial charge in [0.15, 0.2) is 0 Å². The third-order valence-electron chi connectivity index (χ3n) is 5.43. The Labute approximate surface area is 156 Å². The molecule has 2 fully saturated rings. The Morgan fingerprint density at radius 2 is 1.84 bits per heavy atom. The SMILES string of the molecule is CN1CCN(CC[C@@H]2CCCCN2C(=O)CSc2ccccc2)CC1. The lowest BCUT2D eigenvalue weighted by atomic mass is 9.99. The lowest BCUT2D eigenvalue weighted by Gasteiger charge is -2.38. The minimum atomic E-state index is 0.317. The summed E-state index contributed by atoms with van der Waals surface area (Å²) in [5.74, 6) is 0.881. The van der Waals surface area contributed by atoms with Crippen LogP contribution in [-0.2, 0) is 4.79 Å². The van der Waals surface area contributed by atoms with Crippen molar-refractivity contribution < 1.29 is 4.79 Å². The second-order valence-electron chi connectivity index (χ2n) is 7.27. The fourth-order valence-electron chi connectivity index (χ4n) is 3.78. The van der Waals surface area contributed by atoms with E-state index in [0.29, 0.717) is 17.7 Å². The first-order chi connectivity index (χ1) is 12.2. The Morgan fingerprint density at radius 3 is 2.60 bits per heavy atom. The van der Waals surface area contributed by atoms with E-state index in [9.17, 15) is 4.79 Å². The molecule has 0 unspecified atom stereocenters. The molecule has 0 saturated carbocycles. The van der Waals surface area contributed by atoms with Gasteiger partial charge in [-0.05, 0) is 44.9 Å². The van der Waals surface area contributed by atoms with Crippen LogP contribution in [-0.4, -0.2) is 78.7 Å². The van der Waals surface area contributed by atoms with Crippen LogP contribution in [0.5, 0.6) is 0 Å². The van der Waals surface area contributed by atoms with Crippen molar-refractivity contribution in [2.75, 3.05) is 52.1 Å². The zero-order valence-corrected chi connectivity index (χ0v) is 16.2. The molecule has 1 aromatic carbocycles. The van der Waals surface area contributed by atoms with E-state index in [1.807, 2.05) is 18.2 Å². The number of carbonyl (C=O) groups is 1. The normalized spacial score (nSPS) is 22.9. The molecule has 3 rings (SSSR count). The van der Waals surface area contributed by atoms with Gasteiger partial charge in [-0.1, -0.05) is 18.2 Å². The van der Waals surface area contributed by atoms with Gasteiger partial charge in [-0.3, -0.25) is 4.79 Å². The third-order valence-corrected chi connectivity index (χ3v) is 6.42. The van der Waals surface area contributed by atoms with Gasteiger partial charge in [0.25, 0.3) is 0 Å². The zero-order valence-electron chi connectivity index (χ0n) is 15.4. The molecule has 1 aromatic rings. The fourth-order valence-corrected chi connectivity index (χ4v) is 4.58. The van der Waals surface area contributed by atoms with Gasteiger partial charge < -0.3 is 14.7 Å². The molecule has 1 amide bonds. The first kappa shape index (κ1) is 18.7. The number of benzene rings is 1. The van der Waals surface area contributed by atoms with E-state index in [2.05, 4.69) is 33.9 Å². The number of thioether (sulfide) groups is 1. The van der Waals surface area contributed by atoms with Crippen molar-refractivity contribution in [2.24, 2.45) is 0 Å². The minimum Gasteiger partial charge on any atom is -0.339 e. The van der Waals surface area contributed by atoms with Crippen LogP contribution >= 0.6 is 11.8 Å². The average molecular weight is 362 g/mol. The number of nitrogens with zero attached hydrogens (tertiary/aromatic N) is 3. The summed E-state index contributed by atoms with van der Waals surface area (Å²) >= 11 is 1.66. The summed E-state index contributed by atoms with van der Waals surface area (Å²) in [5, 5.41) is 0. The number of hydrogen-bond donors (Lipinski definition) is 0. The van der Waals surface area contributed by atoms with Crippen molar-refractivity contribution in [3.8, 4) is 0 Å². The lowest BCUT2D eigenvalue weighted by molar-refractivity contribution is -0.132. The van der Waals surface area contributed by atoms with Gasteiger partial charge in [0.05, 0.1) is 5.75 Å². The molecule has 4 nitrogen and oxygen atoms in total. The van der Waals surface area contributed by atoms with Gasteiger partial charge in [-0.15, -0.1) is 11.8 Å². The Bertz CT molecular complexity index is 531. The number of likely N-dealkylation sites (tertiary alicyclic amines) is 1. The van der Waals surface area contributed by atoms with Gasteiger partial charge in [-0.25, -0.2) is 0 Å². The van der Waals surface area contributed by atoms with Gasteiger partial charge in [0.1, 0.15) is 0 Å². The summed E-state index contributed by atoms with van der Waals surface area (Å²) in [7, 11) is 2.20. The minimum absolute atomic E-state index is 0.317. The molecular weight excluding hydrogens is 330 g/mol. The largest absolute Gasteiger partial charge is 0.339 e. The number of carbonyl (C=O) groups excluding carboxylic acids is 1. The second kappa shape index (κ2) is 9.60. The van der Waals surface area contributed by atoms with Crippen molar-refractivity contribution in [1.82, 2.24) is 14.7 Å². The van der Waals surface area contributed by atoms with Crippen LogP contribution < -0.4 is 0 Å². The molecule has 5 heteroatoms. The smallest absolute Gasteiger partial charge is 0.233 e. The molecular formula is C20H31N3OS. The fraction of sp³-hybridized carbons (Fsp3) is 0.650. The van der Waals surface area contributed by atoms with Gasteiger partial charge >= 0.3 is 0 Å². The quantitative estimate of drug-likeness (QED) is 0.728. The highest BCUT2D eigenvalue weighted by Gasteiger charge is 2.27. The zero-order chi connectivity index (χ0) is 17.5. The monoisotopic (exact) mass is 361 g/mol. The molecule has 2 heterocycles. The van der Waals surface area contributed by atoms with E-state index in [0.717, 1.165) is 25.9 Å². The maximum absolute atomic E-state index is 12.8. The van der Waals surface area contributed by atoms with Crippen molar-refractivity contribution in [3.05, 3.63) is 30.3 Å². The van der Waals surface area contributed by atoms with E-state index in [1.54, 1.807) is 11.8 Å². The number of likely N-dealkylation sites (N-methyl/N-ethyl adjacent to an activating group) is 1. The van der Waals surface area contributed by atoms with Crippen LogP contribution in [0.25, 0.3) is 0 Å². The van der Waals surface area contributed by atoms with Crippen molar-refractivity contribution in [2.45, 2.75) is 36.6 Å². The van der Waals surface area contributed by atoms with Crippen LogP contribution in [0.2, 0.25) is 0 Å². The summed E-state index contributed by atoms with van der Waals surface area (Å²) < 4.78 is 0. The Morgan fingerprint density at radius 1 is 1.08 bits per heavy atom. The van der Waals surface area contributed by atoms with E-state index in [4.69, 9.17) is 0 Å². The average Bonchev–Trinajstić information content (AvgIpc) is 2.67. The molecule has 0 spiro atoms. The molecule has 2 aliphatic rings. The summed E-state index contributed by atoms with van der Waals surface area (Å²) in [4.78, 5) is 21.1. The molecule has 0 bridgehead atoms. The molecule has 0 aromatic heterocycles. The summed E-state index contributed by atoms with van der Waals surface area (Å²) in [5.41, 5.74) is 0. The standard InChI is InChI=1S/C20H31N3OS/c1-21-13-15-22(16-14-21)12-10-18-7-5-6-11-23(18)20(24)17-25-19-8-3-2-4-9-19/h2-4,8-9,18H,5-7,10-17H2,1H3/t18-/m0/s1. The number of amides is 1. The molecule has 2 aliphatic heterocycles. The van der Waals surface area contributed by atoms with E-state index < -0.39 is 0 Å². The Balaban J connectivity index is 1.47. The molecule has 1 atom stereocenters. The van der Waals surface area contributed by atoms with Crippen LogP contribution in [0.1, 0.15) is 25.7 Å². The van der Waals surface area contributed by atoms with Crippen LogP contribution in [0.3, 0.4) is 0 Å². The lowest BCUT2D eigenvalue weighted by Crippen LogP contribution is -2.48. The molecule has 2 saturated heterocycles. The topological polar surface area (TPSA) is 26.8 Å². The number of rotatable bonds is 6. The molecule has 138 valence electrons. The highest BCUT2D eigenvalue weighted by Crippen LogP contribution is 2.23. The van der Waals surface area contributed by atoms with Crippen molar-refractivity contribution in [1.29, 1.82) is 0 Å². The second-order valence-corrected chi connectivity index (χ2v) is 8.32. The Kier molecular flexibility index (Phi) is 7.20. The van der Waals surface area contributed by atoms with Crippen LogP contribution in [0.4, 0.5) is 0 Å². The van der Waals surface area contributed by atoms with E-state index in [1.165, 1.54) is 43.9 Å². The maximum atomic E-state index is 12.8. The summed E-state index contributed by atoms with van der Waals surface area (Å²) in [6.07, 6.45) is 4.73. The number of hydrogen-bond acceptors (Lipinski definition) is 4. The van der Waals surface area contributed by atoms with Gasteiger partial charge in [0.2, 0.25) is 5.91 Å². The van der Waals surface area contributed by atoms with E-state index >= 15 is 0 Å². The molecule has 0 N–H and O–H groups in total. The Hall–Kier alpha value is -1.04. The summed E-state index contributed by atoms with van der Waals surface area (Å²) in [6.45, 7) is 6.75. The van der Waals surface area contributed by atoms with Crippen LogP contribution in [0, 0.1) is 0 Å². The van der Waals surface area contributed by atoms with Crippen molar-refractivity contribution in [3.63, 3.8) is 0 Å². The number of piperidine rings is 1. The third kappa shape index (κ3) is 5.73. The predicted octanol–water partition coefficient (Wildman–Crippen LogP) is 2.80. The molecule has 0 aliphatic carbocycles. The number of piperazine rings is 1. The van der Waals surface area contributed by atoms with E-state index in [-0.39, 0.29) is 0 Å². The van der Waals surface area contributed by atoms with Gasteiger partial charge in [-0.2, -0.15) is 0 Å². The van der Waals surface area contributed by atoms with Gasteiger partial charge in [0, 0.05) is 50.2 Å². The molecule has 0 radical (unpaired) electrons. The first-order valence-electron chi connectivity index (χ1n) is 9.60. The predicted molar refractivity (Wildman–Crippen MR) is 105 cm³/mol. The highest BCUT2D eigenvalue weighted by atomic mass is 32.2. The van der Waals surface area contributed by atoms with Crippen LogP contribution in [0.15, 0.2) is 35.2 Å².